The Labute approximate surface area is 199 Å². The van der Waals surface area contributed by atoms with Crippen LogP contribution in [0.3, 0.4) is 0 Å². The highest BCUT2D eigenvalue weighted by molar-refractivity contribution is 5.72. The van der Waals surface area contributed by atoms with Crippen LogP contribution in [0.1, 0.15) is 113 Å². The lowest BCUT2D eigenvalue weighted by Crippen LogP contribution is -1.83. The highest BCUT2D eigenvalue weighted by Gasteiger charge is 1.95. The average molecular weight is 437 g/mol. The lowest BCUT2D eigenvalue weighted by Gasteiger charge is -2.02. The van der Waals surface area contributed by atoms with Gasteiger partial charge in [0, 0.05) is 5.57 Å². The number of allylic oxidation sites excluding steroid dienone is 12. The van der Waals surface area contributed by atoms with E-state index in [0.29, 0.717) is 0 Å². The van der Waals surface area contributed by atoms with E-state index in [0.717, 1.165) is 50.5 Å². The summed E-state index contributed by atoms with van der Waals surface area (Å²) in [5, 5.41) is 0. The summed E-state index contributed by atoms with van der Waals surface area (Å²) in [5.41, 5.74) is 16.9. The van der Waals surface area contributed by atoms with Gasteiger partial charge < -0.3 is 5.53 Å². The average Bonchev–Trinajstić information content (AvgIpc) is 2.71. The van der Waals surface area contributed by atoms with Gasteiger partial charge >= 0.3 is 0 Å². The van der Waals surface area contributed by atoms with Crippen LogP contribution in [0.2, 0.25) is 0 Å². The van der Waals surface area contributed by atoms with E-state index in [1.807, 2.05) is 6.92 Å². The van der Waals surface area contributed by atoms with E-state index < -0.39 is 0 Å². The molecule has 0 saturated heterocycles. The van der Waals surface area contributed by atoms with Crippen LogP contribution in [0.4, 0.5) is 0 Å². The Kier molecular flexibility index (Phi) is 18.2. The maximum atomic E-state index is 8.51. The summed E-state index contributed by atoms with van der Waals surface area (Å²) < 4.78 is 0. The first-order chi connectivity index (χ1) is 15.2. The Morgan fingerprint density at radius 1 is 0.500 bits per heavy atom. The summed E-state index contributed by atoms with van der Waals surface area (Å²) in [6.45, 7) is 15.3. The fraction of sp³-hybridized carbons (Fsp3) is 0.567. The Balaban J connectivity index is 4.11. The zero-order valence-electron chi connectivity index (χ0n) is 22.0. The SMILES string of the molecule is CC(C)=CCC/C(C)=C/CC/C(C)=C/CC/C=C(\C)CC/C=C(\C)CCC=C(C)C=[N+]=[N-]. The molecule has 0 unspecified atom stereocenters. The molecule has 0 aliphatic rings. The van der Waals surface area contributed by atoms with Crippen LogP contribution in [-0.4, -0.2) is 11.0 Å². The third-order valence-electron chi connectivity index (χ3n) is 5.57. The topological polar surface area (TPSA) is 36.4 Å². The van der Waals surface area contributed by atoms with E-state index in [9.17, 15) is 0 Å². The van der Waals surface area contributed by atoms with Gasteiger partial charge in [0.25, 0.3) is 6.21 Å². The van der Waals surface area contributed by atoms with E-state index in [1.165, 1.54) is 53.3 Å². The highest BCUT2D eigenvalue weighted by atomic mass is 14.8. The van der Waals surface area contributed by atoms with Crippen molar-refractivity contribution in [3.8, 4) is 0 Å². The van der Waals surface area contributed by atoms with Crippen LogP contribution in [0.25, 0.3) is 5.53 Å². The van der Waals surface area contributed by atoms with Crippen molar-refractivity contribution in [2.45, 2.75) is 113 Å². The second-order valence-electron chi connectivity index (χ2n) is 9.41. The zero-order chi connectivity index (χ0) is 24.2. The number of nitrogens with zero attached hydrogens (tertiary/aromatic N) is 2. The Morgan fingerprint density at radius 2 is 0.844 bits per heavy atom. The predicted octanol–water partition coefficient (Wildman–Crippen LogP) is 9.89. The molecule has 0 aromatic carbocycles. The summed E-state index contributed by atoms with van der Waals surface area (Å²) >= 11 is 0. The molecule has 32 heavy (non-hydrogen) atoms. The molecule has 0 aromatic heterocycles. The number of hydrogen-bond acceptors (Lipinski definition) is 0. The molecule has 2 heteroatoms. The molecule has 0 N–H and O–H groups in total. The van der Waals surface area contributed by atoms with Crippen molar-refractivity contribution in [3.63, 3.8) is 0 Å². The van der Waals surface area contributed by atoms with Gasteiger partial charge in [-0.25, -0.2) is 0 Å². The van der Waals surface area contributed by atoms with Gasteiger partial charge in [-0.3, -0.25) is 0 Å². The Bertz CT molecular complexity index is 759. The maximum Gasteiger partial charge on any atom is 0.283 e. The predicted molar refractivity (Wildman–Crippen MR) is 144 cm³/mol. The minimum atomic E-state index is 0.992. The van der Waals surface area contributed by atoms with Gasteiger partial charge in [-0.05, 0) is 113 Å². The van der Waals surface area contributed by atoms with E-state index in [2.05, 4.69) is 82.8 Å². The molecule has 0 radical (unpaired) electrons. The van der Waals surface area contributed by atoms with Crippen LogP contribution < -0.4 is 0 Å². The minimum Gasteiger partial charge on any atom is -0.362 e. The largest absolute Gasteiger partial charge is 0.362 e. The molecule has 0 rings (SSSR count). The van der Waals surface area contributed by atoms with Crippen LogP contribution in [0.15, 0.2) is 69.9 Å². The smallest absolute Gasteiger partial charge is 0.283 e. The molecule has 0 amide bonds. The third-order valence-corrected chi connectivity index (χ3v) is 5.57. The molecule has 0 bridgehead atoms. The fourth-order valence-corrected chi connectivity index (χ4v) is 3.42. The molecule has 0 spiro atoms. The fourth-order valence-electron chi connectivity index (χ4n) is 3.42. The second-order valence-corrected chi connectivity index (χ2v) is 9.41. The number of unbranched alkanes of at least 4 members (excludes halogenated alkanes) is 1. The van der Waals surface area contributed by atoms with Gasteiger partial charge in [0.15, 0.2) is 0 Å². The lowest BCUT2D eigenvalue weighted by atomic mass is 10.0. The van der Waals surface area contributed by atoms with Crippen molar-refractivity contribution in [3.05, 3.63) is 75.4 Å². The van der Waals surface area contributed by atoms with Gasteiger partial charge in [-0.1, -0.05) is 64.3 Å². The molecule has 2 nitrogen and oxygen atoms in total. The molecule has 0 heterocycles. The molecule has 0 atom stereocenters. The Morgan fingerprint density at radius 3 is 1.22 bits per heavy atom. The molecule has 178 valence electrons. The van der Waals surface area contributed by atoms with Crippen molar-refractivity contribution in [1.29, 1.82) is 0 Å². The van der Waals surface area contributed by atoms with Gasteiger partial charge in [-0.15, -0.1) is 0 Å². The molecular formula is C30H48N2. The summed E-state index contributed by atoms with van der Waals surface area (Å²) in [6, 6.07) is 0. The van der Waals surface area contributed by atoms with Crippen molar-refractivity contribution in [1.82, 2.24) is 0 Å². The Hall–Kier alpha value is -2.18. The summed E-state index contributed by atoms with van der Waals surface area (Å²) in [5.74, 6) is 0. The van der Waals surface area contributed by atoms with Crippen LogP contribution in [0, 0.1) is 0 Å². The molecule has 0 fully saturated rings. The van der Waals surface area contributed by atoms with Crippen molar-refractivity contribution >= 4 is 6.21 Å². The monoisotopic (exact) mass is 436 g/mol. The van der Waals surface area contributed by atoms with Crippen molar-refractivity contribution in [2.75, 3.05) is 0 Å². The van der Waals surface area contributed by atoms with Crippen LogP contribution in [0.5, 0.6) is 0 Å². The molecule has 0 saturated carbocycles. The van der Waals surface area contributed by atoms with Crippen molar-refractivity contribution < 1.29 is 4.79 Å². The lowest BCUT2D eigenvalue weighted by molar-refractivity contribution is 0.00424. The minimum absolute atomic E-state index is 0.992. The molecule has 0 aliphatic heterocycles. The van der Waals surface area contributed by atoms with Gasteiger partial charge in [0.2, 0.25) is 0 Å². The summed E-state index contributed by atoms with van der Waals surface area (Å²) in [6.07, 6.45) is 26.8. The first-order valence-corrected chi connectivity index (χ1v) is 12.3. The molecule has 0 aromatic rings. The van der Waals surface area contributed by atoms with Crippen LogP contribution in [-0.2, 0) is 0 Å². The summed E-state index contributed by atoms with van der Waals surface area (Å²) in [7, 11) is 0. The first kappa shape index (κ1) is 29.8. The van der Waals surface area contributed by atoms with Gasteiger partial charge in [0.05, 0.1) is 0 Å². The van der Waals surface area contributed by atoms with E-state index in [4.69, 9.17) is 5.53 Å². The first-order valence-electron chi connectivity index (χ1n) is 12.3. The normalized spacial score (nSPS) is 13.8. The summed E-state index contributed by atoms with van der Waals surface area (Å²) in [4.78, 5) is 3.05. The van der Waals surface area contributed by atoms with E-state index in [1.54, 1.807) is 0 Å². The van der Waals surface area contributed by atoms with Crippen LogP contribution >= 0.6 is 0 Å². The van der Waals surface area contributed by atoms with Gasteiger partial charge in [-0.2, -0.15) is 4.79 Å². The number of hydrogen-bond donors (Lipinski definition) is 0. The highest BCUT2D eigenvalue weighted by Crippen LogP contribution is 2.14. The van der Waals surface area contributed by atoms with Crippen molar-refractivity contribution in [2.24, 2.45) is 0 Å². The molecule has 0 aliphatic carbocycles. The standard InChI is InChI=1S/C30H48N2/c1-25(2)14-10-17-28(5)20-11-18-26(3)15-8-9-16-27(4)19-12-21-29(6)22-13-23-30(7)24-32-31/h14-16,20-21,23-24H,8-13,17-19,22H2,1-7H3/b26-15+,27-16+,28-20+,29-21+,30-23?. The zero-order valence-corrected chi connectivity index (χ0v) is 22.0. The third kappa shape index (κ3) is 19.8. The van der Waals surface area contributed by atoms with E-state index in [-0.39, 0.29) is 0 Å². The second kappa shape index (κ2) is 19.5. The maximum absolute atomic E-state index is 8.51. The van der Waals surface area contributed by atoms with Gasteiger partial charge in [0.1, 0.15) is 0 Å². The number of rotatable bonds is 16. The quantitative estimate of drug-likeness (QED) is 0.0758. The molecular weight excluding hydrogens is 388 g/mol. The van der Waals surface area contributed by atoms with E-state index >= 15 is 0 Å².